The molecule has 0 amide bonds. The third-order valence-corrected chi connectivity index (χ3v) is 5.56. The summed E-state index contributed by atoms with van der Waals surface area (Å²) in [5.41, 5.74) is -0.182. The molecule has 2 aromatic heterocycles. The van der Waals surface area contributed by atoms with Crippen LogP contribution in [0.5, 0.6) is 5.75 Å². The van der Waals surface area contributed by atoms with Gasteiger partial charge in [-0.15, -0.1) is 11.3 Å². The molecular weight excluding hydrogens is 326 g/mol. The van der Waals surface area contributed by atoms with E-state index in [9.17, 15) is 18.3 Å². The Labute approximate surface area is 129 Å². The lowest BCUT2D eigenvalue weighted by atomic mass is 10.2. The van der Waals surface area contributed by atoms with Gasteiger partial charge in [0, 0.05) is 0 Å². The Balaban J connectivity index is 2.39. The number of sulfonamides is 1. The Morgan fingerprint density at radius 2 is 2.00 bits per heavy atom. The summed E-state index contributed by atoms with van der Waals surface area (Å²) >= 11 is 0.841. The second-order valence-corrected chi connectivity index (χ2v) is 7.44. The fourth-order valence-corrected chi connectivity index (χ4v) is 3.92. The summed E-state index contributed by atoms with van der Waals surface area (Å²) in [6.07, 6.45) is 0. The van der Waals surface area contributed by atoms with Gasteiger partial charge in [-0.3, -0.25) is 9.36 Å². The Bertz CT molecular complexity index is 1050. The van der Waals surface area contributed by atoms with Crippen LogP contribution in [0, 0.1) is 6.92 Å². The van der Waals surface area contributed by atoms with Gasteiger partial charge in [0.2, 0.25) is 10.0 Å². The molecule has 7 nitrogen and oxygen atoms in total. The minimum atomic E-state index is -3.90. The number of para-hydroxylation sites is 2. The van der Waals surface area contributed by atoms with Crippen LogP contribution in [0.25, 0.3) is 15.9 Å². The third kappa shape index (κ3) is 2.28. The van der Waals surface area contributed by atoms with Gasteiger partial charge in [0.15, 0.2) is 0 Å². The summed E-state index contributed by atoms with van der Waals surface area (Å²) in [5.74, 6) is 0.262. The van der Waals surface area contributed by atoms with Crippen molar-refractivity contribution in [3.8, 4) is 11.4 Å². The smallest absolute Gasteiger partial charge is 0.267 e. The zero-order valence-electron chi connectivity index (χ0n) is 11.3. The molecule has 114 valence electrons. The summed E-state index contributed by atoms with van der Waals surface area (Å²) < 4.78 is 23.9. The Morgan fingerprint density at radius 1 is 1.32 bits per heavy atom. The first kappa shape index (κ1) is 14.7. The van der Waals surface area contributed by atoms with Gasteiger partial charge in [-0.2, -0.15) is 0 Å². The number of primary sulfonamides is 1. The molecule has 22 heavy (non-hydrogen) atoms. The van der Waals surface area contributed by atoms with Gasteiger partial charge in [0.25, 0.3) is 5.56 Å². The molecule has 3 rings (SSSR count). The zero-order chi connectivity index (χ0) is 16.1. The van der Waals surface area contributed by atoms with Gasteiger partial charge < -0.3 is 5.11 Å². The van der Waals surface area contributed by atoms with Crippen molar-refractivity contribution in [2.24, 2.45) is 5.14 Å². The average molecular weight is 337 g/mol. The first-order chi connectivity index (χ1) is 10.3. The van der Waals surface area contributed by atoms with Gasteiger partial charge in [-0.25, -0.2) is 18.5 Å². The first-order valence-electron chi connectivity index (χ1n) is 6.13. The second kappa shape index (κ2) is 4.90. The number of thiophene rings is 1. The van der Waals surface area contributed by atoms with Crippen LogP contribution in [0.1, 0.15) is 5.82 Å². The van der Waals surface area contributed by atoms with E-state index in [1.54, 1.807) is 25.1 Å². The highest BCUT2D eigenvalue weighted by Crippen LogP contribution is 2.27. The number of hydrogen-bond acceptors (Lipinski definition) is 6. The van der Waals surface area contributed by atoms with E-state index in [1.807, 2.05) is 0 Å². The number of aryl methyl sites for hydroxylation is 1. The van der Waals surface area contributed by atoms with Crippen molar-refractivity contribution in [1.29, 1.82) is 0 Å². The molecule has 0 unspecified atom stereocenters. The molecule has 9 heteroatoms. The van der Waals surface area contributed by atoms with E-state index in [0.29, 0.717) is 5.82 Å². The lowest BCUT2D eigenvalue weighted by Crippen LogP contribution is -2.21. The summed E-state index contributed by atoms with van der Waals surface area (Å²) in [4.78, 5) is 17.2. The van der Waals surface area contributed by atoms with Crippen LogP contribution in [0.15, 0.2) is 39.3 Å². The van der Waals surface area contributed by atoms with Crippen molar-refractivity contribution in [3.63, 3.8) is 0 Å². The first-order valence-corrected chi connectivity index (χ1v) is 8.49. The number of aromatic nitrogens is 2. The van der Waals surface area contributed by atoms with Gasteiger partial charge in [0.1, 0.15) is 20.6 Å². The van der Waals surface area contributed by atoms with Crippen molar-refractivity contribution in [2.45, 2.75) is 11.1 Å². The van der Waals surface area contributed by atoms with Gasteiger partial charge in [0.05, 0.1) is 11.1 Å². The molecule has 0 saturated carbocycles. The predicted octanol–water partition coefficient (Wildman–Crippen LogP) is 1.11. The zero-order valence-corrected chi connectivity index (χ0v) is 13.0. The van der Waals surface area contributed by atoms with Gasteiger partial charge in [-0.05, 0) is 25.1 Å². The topological polar surface area (TPSA) is 115 Å². The maximum atomic E-state index is 12.6. The standard InChI is InChI=1S/C13H11N3O4S2/c1-7-15-12-8(6-11(21-12)22(14,19)20)13(18)16(7)9-4-2-3-5-10(9)17/h2-6,17H,1H3,(H2,14,19,20). The van der Waals surface area contributed by atoms with Crippen molar-refractivity contribution in [2.75, 3.05) is 0 Å². The highest BCUT2D eigenvalue weighted by molar-refractivity contribution is 7.91. The summed E-state index contributed by atoms with van der Waals surface area (Å²) in [6.45, 7) is 1.60. The molecule has 3 aromatic rings. The van der Waals surface area contributed by atoms with Crippen LogP contribution in [0.3, 0.4) is 0 Å². The van der Waals surface area contributed by atoms with Crippen LogP contribution in [-0.2, 0) is 10.0 Å². The van der Waals surface area contributed by atoms with Crippen LogP contribution < -0.4 is 10.7 Å². The number of phenolic OH excluding ortho intramolecular Hbond substituents is 1. The molecule has 0 atom stereocenters. The summed E-state index contributed by atoms with van der Waals surface area (Å²) in [6, 6.07) is 7.54. The van der Waals surface area contributed by atoms with Gasteiger partial charge >= 0.3 is 0 Å². The molecule has 3 N–H and O–H groups in total. The second-order valence-electron chi connectivity index (χ2n) is 4.62. The van der Waals surface area contributed by atoms with E-state index in [1.165, 1.54) is 16.7 Å². The van der Waals surface area contributed by atoms with Crippen LogP contribution >= 0.6 is 11.3 Å². The fraction of sp³-hybridized carbons (Fsp3) is 0.0769. The maximum Gasteiger partial charge on any atom is 0.267 e. The number of phenols is 1. The molecule has 0 radical (unpaired) electrons. The number of hydrogen-bond donors (Lipinski definition) is 2. The maximum absolute atomic E-state index is 12.6. The molecule has 0 aliphatic heterocycles. The monoisotopic (exact) mass is 337 g/mol. The molecule has 0 bridgehead atoms. The number of nitrogens with two attached hydrogens (primary N) is 1. The fourth-order valence-electron chi connectivity index (χ4n) is 2.14. The molecule has 2 heterocycles. The molecule has 0 aliphatic carbocycles. The average Bonchev–Trinajstić information content (AvgIpc) is 2.85. The highest BCUT2D eigenvalue weighted by atomic mass is 32.2. The lowest BCUT2D eigenvalue weighted by molar-refractivity contribution is 0.471. The Morgan fingerprint density at radius 3 is 2.64 bits per heavy atom. The van der Waals surface area contributed by atoms with E-state index < -0.39 is 15.6 Å². The quantitative estimate of drug-likeness (QED) is 0.727. The number of aromatic hydroxyl groups is 1. The number of benzene rings is 1. The highest BCUT2D eigenvalue weighted by Gasteiger charge is 2.18. The van der Waals surface area contributed by atoms with Crippen molar-refractivity contribution in [3.05, 3.63) is 46.5 Å². The molecule has 0 saturated heterocycles. The van der Waals surface area contributed by atoms with E-state index >= 15 is 0 Å². The number of rotatable bonds is 2. The van der Waals surface area contributed by atoms with E-state index in [0.717, 1.165) is 11.3 Å². The minimum absolute atomic E-state index is 0.0734. The molecule has 1 aromatic carbocycles. The van der Waals surface area contributed by atoms with Crippen molar-refractivity contribution >= 4 is 31.6 Å². The van der Waals surface area contributed by atoms with Crippen LogP contribution in [0.2, 0.25) is 0 Å². The van der Waals surface area contributed by atoms with Crippen molar-refractivity contribution < 1.29 is 13.5 Å². The predicted molar refractivity (Wildman–Crippen MR) is 83.0 cm³/mol. The summed E-state index contributed by atoms with van der Waals surface area (Å²) in [5, 5.41) is 15.1. The summed E-state index contributed by atoms with van der Waals surface area (Å²) in [7, 11) is -3.90. The normalized spacial score (nSPS) is 11.9. The van der Waals surface area contributed by atoms with E-state index in [2.05, 4.69) is 4.98 Å². The third-order valence-electron chi connectivity index (χ3n) is 3.11. The van der Waals surface area contributed by atoms with Crippen molar-refractivity contribution in [1.82, 2.24) is 9.55 Å². The minimum Gasteiger partial charge on any atom is -0.506 e. The largest absolute Gasteiger partial charge is 0.506 e. The van der Waals surface area contributed by atoms with E-state index in [-0.39, 0.29) is 25.9 Å². The Hall–Kier alpha value is -2.23. The van der Waals surface area contributed by atoms with Gasteiger partial charge in [-0.1, -0.05) is 12.1 Å². The molecule has 0 aliphatic rings. The van der Waals surface area contributed by atoms with Crippen LogP contribution in [0.4, 0.5) is 0 Å². The number of fused-ring (bicyclic) bond motifs is 1. The van der Waals surface area contributed by atoms with Crippen LogP contribution in [-0.4, -0.2) is 23.1 Å². The number of nitrogens with zero attached hydrogens (tertiary/aromatic N) is 2. The SMILES string of the molecule is Cc1nc2sc(S(N)(=O)=O)cc2c(=O)n1-c1ccccc1O. The lowest BCUT2D eigenvalue weighted by Gasteiger charge is -2.10. The molecule has 0 fully saturated rings. The molecule has 0 spiro atoms. The molecular formula is C13H11N3O4S2. The Kier molecular flexibility index (Phi) is 3.28. The van der Waals surface area contributed by atoms with E-state index in [4.69, 9.17) is 5.14 Å².